The van der Waals surface area contributed by atoms with Crippen molar-refractivity contribution in [1.29, 1.82) is 0 Å². The molecule has 3 rings (SSSR count). The zero-order valence-corrected chi connectivity index (χ0v) is 14.6. The van der Waals surface area contributed by atoms with Gasteiger partial charge in [0, 0.05) is 6.20 Å². The van der Waals surface area contributed by atoms with Crippen LogP contribution in [0.25, 0.3) is 11.5 Å². The van der Waals surface area contributed by atoms with Gasteiger partial charge in [-0.15, -0.1) is 0 Å². The van der Waals surface area contributed by atoms with Crippen LogP contribution in [0.5, 0.6) is 0 Å². The van der Waals surface area contributed by atoms with Gasteiger partial charge in [0.25, 0.3) is 5.89 Å². The minimum atomic E-state index is -0.471. The van der Waals surface area contributed by atoms with Crippen LogP contribution in [0.3, 0.4) is 0 Å². The lowest BCUT2D eigenvalue weighted by molar-refractivity contribution is -0.113. The number of benzene rings is 1. The van der Waals surface area contributed by atoms with Crippen molar-refractivity contribution in [3.63, 3.8) is 0 Å². The van der Waals surface area contributed by atoms with E-state index < -0.39 is 5.82 Å². The number of amides is 1. The highest BCUT2D eigenvalue weighted by Crippen LogP contribution is 2.24. The molecule has 1 amide bonds. The van der Waals surface area contributed by atoms with Gasteiger partial charge in [-0.3, -0.25) is 4.79 Å². The van der Waals surface area contributed by atoms with E-state index in [9.17, 15) is 9.18 Å². The Balaban J connectivity index is 1.58. The van der Waals surface area contributed by atoms with Crippen LogP contribution in [0.2, 0.25) is 5.02 Å². The first-order valence-corrected chi connectivity index (χ1v) is 8.52. The molecule has 3 aromatic rings. The Labute approximate surface area is 151 Å². The number of hydrogen-bond donors (Lipinski definition) is 1. The van der Waals surface area contributed by atoms with E-state index >= 15 is 0 Å². The lowest BCUT2D eigenvalue weighted by Crippen LogP contribution is -2.14. The van der Waals surface area contributed by atoms with Crippen LogP contribution in [0.4, 0.5) is 10.1 Å². The number of anilines is 1. The molecule has 0 aliphatic heterocycles. The lowest BCUT2D eigenvalue weighted by Gasteiger charge is -2.07. The number of aryl methyl sites for hydroxylation is 1. The molecule has 0 bridgehead atoms. The molecule has 0 unspecified atom stereocenters. The molecular weight excluding hydrogens is 367 g/mol. The Morgan fingerprint density at radius 1 is 1.36 bits per heavy atom. The summed E-state index contributed by atoms with van der Waals surface area (Å²) in [5.41, 5.74) is 0.934. The van der Waals surface area contributed by atoms with Gasteiger partial charge in [-0.05, 0) is 37.3 Å². The number of carbonyl (C=O) groups excluding carboxylic acids is 1. The molecule has 1 N–H and O–H groups in total. The van der Waals surface area contributed by atoms with E-state index in [1.807, 2.05) is 0 Å². The Hall–Kier alpha value is -2.45. The molecule has 25 heavy (non-hydrogen) atoms. The highest BCUT2D eigenvalue weighted by atomic mass is 35.5. The summed E-state index contributed by atoms with van der Waals surface area (Å²) in [6.07, 6.45) is 1.59. The van der Waals surface area contributed by atoms with E-state index in [0.717, 1.165) is 0 Å². The first-order chi connectivity index (χ1) is 12.0. The van der Waals surface area contributed by atoms with Crippen molar-refractivity contribution in [2.45, 2.75) is 11.9 Å². The summed E-state index contributed by atoms with van der Waals surface area (Å²) in [6.45, 7) is 1.73. The average molecular weight is 379 g/mol. The molecule has 6 nitrogen and oxygen atoms in total. The van der Waals surface area contributed by atoms with E-state index in [-0.39, 0.29) is 22.4 Å². The maximum absolute atomic E-state index is 13.2. The zero-order chi connectivity index (χ0) is 17.8. The number of thioether (sulfide) groups is 1. The van der Waals surface area contributed by atoms with Gasteiger partial charge in [0.15, 0.2) is 5.82 Å². The third-order valence-corrected chi connectivity index (χ3v) is 4.34. The van der Waals surface area contributed by atoms with Crippen LogP contribution < -0.4 is 5.32 Å². The van der Waals surface area contributed by atoms with E-state index in [0.29, 0.717) is 22.3 Å². The number of rotatable bonds is 5. The number of aromatic nitrogens is 3. The number of nitrogens with zero attached hydrogens (tertiary/aromatic N) is 3. The Bertz CT molecular complexity index is 901. The van der Waals surface area contributed by atoms with Crippen molar-refractivity contribution in [3.05, 3.63) is 53.2 Å². The second kappa shape index (κ2) is 7.62. The van der Waals surface area contributed by atoms with Crippen molar-refractivity contribution < 1.29 is 13.7 Å². The molecule has 0 aliphatic carbocycles. The van der Waals surface area contributed by atoms with E-state index in [4.69, 9.17) is 16.1 Å². The topological polar surface area (TPSA) is 80.9 Å². The largest absolute Gasteiger partial charge is 0.334 e. The summed E-state index contributed by atoms with van der Waals surface area (Å²) in [4.78, 5) is 20.3. The smallest absolute Gasteiger partial charge is 0.259 e. The van der Waals surface area contributed by atoms with Gasteiger partial charge >= 0.3 is 0 Å². The third-order valence-electron chi connectivity index (χ3n) is 3.06. The molecule has 0 fully saturated rings. The summed E-state index contributed by atoms with van der Waals surface area (Å²) >= 11 is 7.15. The maximum atomic E-state index is 13.2. The predicted octanol–water partition coefficient (Wildman–Crippen LogP) is 3.96. The molecule has 2 heterocycles. The summed E-state index contributed by atoms with van der Waals surface area (Å²) < 4.78 is 18.2. The summed E-state index contributed by atoms with van der Waals surface area (Å²) in [5, 5.41) is 7.22. The van der Waals surface area contributed by atoms with Crippen molar-refractivity contribution >= 4 is 35.0 Å². The molecule has 2 aromatic heterocycles. The minimum Gasteiger partial charge on any atom is -0.334 e. The number of halogens is 2. The number of nitrogens with one attached hydrogen (secondary N) is 1. The van der Waals surface area contributed by atoms with Crippen LogP contribution in [0.1, 0.15) is 5.82 Å². The number of carbonyl (C=O) groups is 1. The highest BCUT2D eigenvalue weighted by molar-refractivity contribution is 7.99. The normalized spacial score (nSPS) is 10.7. The van der Waals surface area contributed by atoms with Gasteiger partial charge < -0.3 is 9.84 Å². The van der Waals surface area contributed by atoms with Crippen LogP contribution >= 0.6 is 23.4 Å². The van der Waals surface area contributed by atoms with E-state index in [1.54, 1.807) is 25.3 Å². The molecule has 9 heteroatoms. The first kappa shape index (κ1) is 17.4. The molecule has 0 saturated carbocycles. The highest BCUT2D eigenvalue weighted by Gasteiger charge is 2.10. The summed E-state index contributed by atoms with van der Waals surface area (Å²) in [7, 11) is 0. The minimum absolute atomic E-state index is 0.110. The maximum Gasteiger partial charge on any atom is 0.259 e. The molecule has 1 aromatic carbocycles. The molecular formula is C16H12ClFN4O2S. The molecule has 0 spiro atoms. The molecule has 0 atom stereocenters. The molecule has 0 radical (unpaired) electrons. The van der Waals surface area contributed by atoms with Gasteiger partial charge in [0.05, 0.1) is 27.1 Å². The quantitative estimate of drug-likeness (QED) is 0.677. The Kier molecular flexibility index (Phi) is 5.30. The number of hydrogen-bond acceptors (Lipinski definition) is 6. The number of pyridine rings is 1. The fourth-order valence-electron chi connectivity index (χ4n) is 1.93. The van der Waals surface area contributed by atoms with Gasteiger partial charge in [0.1, 0.15) is 5.82 Å². The second-order valence-corrected chi connectivity index (χ2v) is 6.40. The monoisotopic (exact) mass is 378 g/mol. The van der Waals surface area contributed by atoms with Crippen molar-refractivity contribution in [3.8, 4) is 11.5 Å². The van der Waals surface area contributed by atoms with Gasteiger partial charge in [-0.2, -0.15) is 4.98 Å². The average Bonchev–Trinajstić information content (AvgIpc) is 3.03. The summed E-state index contributed by atoms with van der Waals surface area (Å²) in [5.74, 6) is 0.261. The van der Waals surface area contributed by atoms with Crippen LogP contribution in [0.15, 0.2) is 46.1 Å². The fraction of sp³-hybridized carbons (Fsp3) is 0.125. The first-order valence-electron chi connectivity index (χ1n) is 7.16. The predicted molar refractivity (Wildman–Crippen MR) is 93.0 cm³/mol. The second-order valence-electron chi connectivity index (χ2n) is 4.99. The van der Waals surface area contributed by atoms with Gasteiger partial charge in [-0.25, -0.2) is 9.37 Å². The Morgan fingerprint density at radius 2 is 2.20 bits per heavy atom. The standard InChI is InChI=1S/C16H12ClFN4O2S/c1-9-20-16(24-22-9)10-2-5-15(19-7-10)25-8-14(23)21-13-6-11(18)3-4-12(13)17/h2-7H,8H2,1H3,(H,21,23). The molecule has 128 valence electrons. The van der Waals surface area contributed by atoms with Gasteiger partial charge in [0.2, 0.25) is 5.91 Å². The van der Waals surface area contributed by atoms with Crippen molar-refractivity contribution in [2.75, 3.05) is 11.1 Å². The molecule has 0 saturated heterocycles. The van der Waals surface area contributed by atoms with E-state index in [2.05, 4.69) is 20.4 Å². The van der Waals surface area contributed by atoms with Crippen LogP contribution in [-0.2, 0) is 4.79 Å². The van der Waals surface area contributed by atoms with E-state index in [1.165, 1.54) is 30.0 Å². The van der Waals surface area contributed by atoms with Gasteiger partial charge in [-0.1, -0.05) is 28.5 Å². The summed E-state index contributed by atoms with van der Waals surface area (Å²) in [6, 6.07) is 7.32. The van der Waals surface area contributed by atoms with Crippen LogP contribution in [0, 0.1) is 12.7 Å². The van der Waals surface area contributed by atoms with Crippen LogP contribution in [-0.4, -0.2) is 26.8 Å². The van der Waals surface area contributed by atoms with Crippen molar-refractivity contribution in [1.82, 2.24) is 15.1 Å². The fourth-order valence-corrected chi connectivity index (χ4v) is 2.73. The SMILES string of the molecule is Cc1noc(-c2ccc(SCC(=O)Nc3cc(F)ccc3Cl)nc2)n1. The zero-order valence-electron chi connectivity index (χ0n) is 13.0. The Morgan fingerprint density at radius 3 is 2.88 bits per heavy atom. The van der Waals surface area contributed by atoms with Crippen molar-refractivity contribution in [2.24, 2.45) is 0 Å². The lowest BCUT2D eigenvalue weighted by atomic mass is 10.3. The third kappa shape index (κ3) is 4.55. The molecule has 0 aliphatic rings.